The van der Waals surface area contributed by atoms with Crippen LogP contribution in [0.2, 0.25) is 5.02 Å². The van der Waals surface area contributed by atoms with E-state index in [1.165, 1.54) is 4.90 Å². The molecule has 0 aliphatic carbocycles. The third-order valence-corrected chi connectivity index (χ3v) is 7.59. The van der Waals surface area contributed by atoms with Gasteiger partial charge in [0.15, 0.2) is 5.79 Å². The summed E-state index contributed by atoms with van der Waals surface area (Å²) in [6.45, 7) is 12.6. The predicted molar refractivity (Wildman–Crippen MR) is 160 cm³/mol. The van der Waals surface area contributed by atoms with Crippen molar-refractivity contribution in [3.63, 3.8) is 0 Å². The first kappa shape index (κ1) is 29.9. The molecule has 0 unspecified atom stereocenters. The molecule has 0 radical (unpaired) electrons. The Morgan fingerprint density at radius 3 is 2.55 bits per heavy atom. The first-order valence-corrected chi connectivity index (χ1v) is 14.4. The molecule has 0 spiro atoms. The second-order valence-electron chi connectivity index (χ2n) is 12.1. The minimum atomic E-state index is -1.03. The fourth-order valence-electron chi connectivity index (χ4n) is 5.48. The molecule has 4 aromatic rings. The van der Waals surface area contributed by atoms with E-state index >= 15 is 0 Å². The Morgan fingerprint density at radius 1 is 1.17 bits per heavy atom. The number of hydrogen-bond acceptors (Lipinski definition) is 7. The van der Waals surface area contributed by atoms with Crippen molar-refractivity contribution < 1.29 is 28.6 Å². The Bertz CT molecular complexity index is 1580. The van der Waals surface area contributed by atoms with Crippen LogP contribution in [0.15, 0.2) is 53.2 Å². The summed E-state index contributed by atoms with van der Waals surface area (Å²) in [5.41, 5.74) is 0.701. The number of amides is 1. The highest BCUT2D eigenvalue weighted by atomic mass is 35.5. The molecule has 11 heteroatoms. The second kappa shape index (κ2) is 11.2. The average Bonchev–Trinajstić information content (AvgIpc) is 3.57. The molecule has 5 rings (SSSR count). The number of rotatable bonds is 8. The highest BCUT2D eigenvalue weighted by Crippen LogP contribution is 2.37. The summed E-state index contributed by atoms with van der Waals surface area (Å²) in [6, 6.07) is 13.2. The standard InChI is InChI=1S/C31H37ClN4O6/c1-7-15-39-25-12-11-20(16-23(25)32)27-33-26(34-42-27)22-9-8-10-24-21(22)13-14-35(24)17-31(18-40-30(5,6)41-19-31)36(28(37)38)29(2,3)4/h8-14,16H,7,15,17-19H2,1-6H3,(H,37,38). The molecule has 1 N–H and O–H groups in total. The maximum absolute atomic E-state index is 12.6. The number of aromatic nitrogens is 3. The number of nitrogens with zero attached hydrogens (tertiary/aromatic N) is 4. The van der Waals surface area contributed by atoms with E-state index in [1.54, 1.807) is 12.1 Å². The molecule has 0 saturated carbocycles. The van der Waals surface area contributed by atoms with Gasteiger partial charge in [-0.3, -0.25) is 4.90 Å². The van der Waals surface area contributed by atoms with E-state index in [0.29, 0.717) is 41.2 Å². The van der Waals surface area contributed by atoms with Gasteiger partial charge in [-0.05, 0) is 71.4 Å². The van der Waals surface area contributed by atoms with Crippen molar-refractivity contribution in [2.45, 2.75) is 71.4 Å². The minimum Gasteiger partial charge on any atom is -0.492 e. The summed E-state index contributed by atoms with van der Waals surface area (Å²) in [5, 5.41) is 15.9. The fourth-order valence-corrected chi connectivity index (χ4v) is 5.71. The van der Waals surface area contributed by atoms with E-state index in [-0.39, 0.29) is 13.2 Å². The third kappa shape index (κ3) is 5.84. The molecule has 2 aromatic carbocycles. The normalized spacial score (nSPS) is 16.5. The highest BCUT2D eigenvalue weighted by molar-refractivity contribution is 6.32. The van der Waals surface area contributed by atoms with Crippen LogP contribution in [-0.4, -0.2) is 67.5 Å². The molecule has 3 heterocycles. The van der Waals surface area contributed by atoms with E-state index in [2.05, 4.69) is 10.1 Å². The summed E-state index contributed by atoms with van der Waals surface area (Å²) in [4.78, 5) is 18.7. The van der Waals surface area contributed by atoms with Gasteiger partial charge in [0.1, 0.15) is 11.3 Å². The van der Waals surface area contributed by atoms with Crippen LogP contribution in [0.5, 0.6) is 5.75 Å². The third-order valence-electron chi connectivity index (χ3n) is 7.30. The molecule has 224 valence electrons. The number of ether oxygens (including phenoxy) is 3. The molecular formula is C31H37ClN4O6. The summed E-state index contributed by atoms with van der Waals surface area (Å²) < 4.78 is 25.4. The van der Waals surface area contributed by atoms with Crippen molar-refractivity contribution in [3.8, 4) is 28.6 Å². The Labute approximate surface area is 250 Å². The van der Waals surface area contributed by atoms with Gasteiger partial charge < -0.3 is 28.4 Å². The van der Waals surface area contributed by atoms with Crippen LogP contribution in [0.4, 0.5) is 4.79 Å². The molecule has 0 atom stereocenters. The van der Waals surface area contributed by atoms with Gasteiger partial charge in [0.25, 0.3) is 5.89 Å². The molecule has 1 fully saturated rings. The molecule has 1 amide bonds. The van der Waals surface area contributed by atoms with Crippen LogP contribution in [0.25, 0.3) is 33.7 Å². The Hall–Kier alpha value is -3.60. The van der Waals surface area contributed by atoms with Crippen LogP contribution >= 0.6 is 11.6 Å². The first-order chi connectivity index (χ1) is 19.8. The number of carbonyl (C=O) groups is 1. The largest absolute Gasteiger partial charge is 0.492 e. The molecule has 1 aliphatic heterocycles. The number of halogens is 1. The first-order valence-electron chi connectivity index (χ1n) is 14.0. The van der Waals surface area contributed by atoms with Crippen LogP contribution in [0.3, 0.4) is 0 Å². The minimum absolute atomic E-state index is 0.183. The van der Waals surface area contributed by atoms with Crippen molar-refractivity contribution in [1.29, 1.82) is 0 Å². The van der Waals surface area contributed by atoms with Crippen molar-refractivity contribution in [3.05, 3.63) is 53.7 Å². The molecule has 10 nitrogen and oxygen atoms in total. The van der Waals surface area contributed by atoms with Crippen molar-refractivity contribution >= 4 is 28.6 Å². The van der Waals surface area contributed by atoms with E-state index in [0.717, 1.165) is 22.9 Å². The lowest BCUT2D eigenvalue weighted by Crippen LogP contribution is -2.68. The molecule has 0 bridgehead atoms. The van der Waals surface area contributed by atoms with E-state index < -0.39 is 23.0 Å². The summed E-state index contributed by atoms with van der Waals surface area (Å²) in [6.07, 6.45) is 1.79. The van der Waals surface area contributed by atoms with Crippen molar-refractivity contribution in [2.75, 3.05) is 19.8 Å². The average molecular weight is 597 g/mol. The Morgan fingerprint density at radius 2 is 1.90 bits per heavy atom. The van der Waals surface area contributed by atoms with E-state index in [9.17, 15) is 9.90 Å². The van der Waals surface area contributed by atoms with Gasteiger partial charge in [-0.1, -0.05) is 35.8 Å². The maximum atomic E-state index is 12.6. The second-order valence-corrected chi connectivity index (χ2v) is 12.5. The number of carboxylic acid groups (broad SMARTS) is 1. The zero-order valence-corrected chi connectivity index (χ0v) is 25.6. The molecular weight excluding hydrogens is 560 g/mol. The molecule has 1 aliphatic rings. The van der Waals surface area contributed by atoms with Crippen LogP contribution in [0, 0.1) is 0 Å². The fraction of sp³-hybridized carbons (Fsp3) is 0.452. The lowest BCUT2D eigenvalue weighted by molar-refractivity contribution is -0.290. The molecule has 2 aromatic heterocycles. The number of benzene rings is 2. The lowest BCUT2D eigenvalue weighted by atomic mass is 9.91. The Kier molecular flexibility index (Phi) is 8.00. The van der Waals surface area contributed by atoms with Crippen LogP contribution < -0.4 is 4.74 Å². The van der Waals surface area contributed by atoms with Gasteiger partial charge in [-0.2, -0.15) is 4.98 Å². The molecule has 42 heavy (non-hydrogen) atoms. The van der Waals surface area contributed by atoms with Gasteiger partial charge in [-0.15, -0.1) is 0 Å². The van der Waals surface area contributed by atoms with Gasteiger partial charge in [0.05, 0.1) is 31.4 Å². The van der Waals surface area contributed by atoms with Crippen molar-refractivity contribution in [1.82, 2.24) is 19.6 Å². The monoisotopic (exact) mass is 596 g/mol. The topological polar surface area (TPSA) is 112 Å². The SMILES string of the molecule is CCCOc1ccc(-c2nc(-c3cccc4c3ccn4CC3(N(C(=O)O)C(C)(C)C)COC(C)(C)OC3)no2)cc1Cl. The van der Waals surface area contributed by atoms with Crippen LogP contribution in [-0.2, 0) is 16.0 Å². The predicted octanol–water partition coefficient (Wildman–Crippen LogP) is 7.10. The summed E-state index contributed by atoms with van der Waals surface area (Å²) in [7, 11) is 0. The number of fused-ring (bicyclic) bond motifs is 1. The summed E-state index contributed by atoms with van der Waals surface area (Å²) >= 11 is 6.42. The van der Waals surface area contributed by atoms with Gasteiger partial charge in [-0.25, -0.2) is 4.79 Å². The summed E-state index contributed by atoms with van der Waals surface area (Å²) in [5.74, 6) is 0.571. The highest BCUT2D eigenvalue weighted by Gasteiger charge is 2.51. The molecule has 1 saturated heterocycles. The van der Waals surface area contributed by atoms with Gasteiger partial charge in [0.2, 0.25) is 5.82 Å². The number of hydrogen-bond donors (Lipinski definition) is 1. The van der Waals surface area contributed by atoms with Crippen molar-refractivity contribution in [2.24, 2.45) is 0 Å². The van der Waals surface area contributed by atoms with Gasteiger partial charge in [0, 0.05) is 33.8 Å². The van der Waals surface area contributed by atoms with E-state index in [4.69, 9.17) is 30.3 Å². The lowest BCUT2D eigenvalue weighted by Gasteiger charge is -2.52. The van der Waals surface area contributed by atoms with Gasteiger partial charge >= 0.3 is 6.09 Å². The van der Waals surface area contributed by atoms with E-state index in [1.807, 2.05) is 82.6 Å². The Balaban J connectivity index is 1.48. The smallest absolute Gasteiger partial charge is 0.408 e. The van der Waals surface area contributed by atoms with Crippen LogP contribution in [0.1, 0.15) is 48.0 Å². The maximum Gasteiger partial charge on any atom is 0.408 e. The quantitative estimate of drug-likeness (QED) is 0.229. The zero-order chi connectivity index (χ0) is 30.3. The zero-order valence-electron chi connectivity index (χ0n) is 24.8.